The van der Waals surface area contributed by atoms with Crippen molar-refractivity contribution in [1.29, 1.82) is 0 Å². The molecule has 1 aromatic rings. The normalized spacial score (nSPS) is 12.2. The highest BCUT2D eigenvalue weighted by atomic mass is 16.4. The zero-order chi connectivity index (χ0) is 15.1. The number of rotatable bonds is 7. The first kappa shape index (κ1) is 15.9. The quantitative estimate of drug-likeness (QED) is 0.606. The van der Waals surface area contributed by atoms with Crippen LogP contribution in [0.1, 0.15) is 17.4 Å². The van der Waals surface area contributed by atoms with Crippen molar-refractivity contribution >= 4 is 12.0 Å². The summed E-state index contributed by atoms with van der Waals surface area (Å²) in [6.07, 6.45) is 1.32. The van der Waals surface area contributed by atoms with Gasteiger partial charge < -0.3 is 20.6 Å². The summed E-state index contributed by atoms with van der Waals surface area (Å²) in [7, 11) is 3.88. The van der Waals surface area contributed by atoms with Crippen molar-refractivity contribution in [2.75, 3.05) is 27.2 Å². The average molecular weight is 284 g/mol. The Hall–Kier alpha value is -2.16. The summed E-state index contributed by atoms with van der Waals surface area (Å²) in [5, 5.41) is 21.2. The Balaban J connectivity index is 2.23. The molecule has 9 nitrogen and oxygen atoms in total. The molecule has 9 heteroatoms. The first-order valence-electron chi connectivity index (χ1n) is 6.21. The van der Waals surface area contributed by atoms with Gasteiger partial charge in [0.25, 0.3) is 0 Å². The number of hydrogen-bond acceptors (Lipinski definition) is 5. The van der Waals surface area contributed by atoms with Gasteiger partial charge in [0.2, 0.25) is 0 Å². The van der Waals surface area contributed by atoms with E-state index >= 15 is 0 Å². The third kappa shape index (κ3) is 5.22. The van der Waals surface area contributed by atoms with E-state index in [-0.39, 0.29) is 17.8 Å². The minimum atomic E-state index is -1.13. The van der Waals surface area contributed by atoms with Gasteiger partial charge in [0.05, 0.1) is 12.7 Å². The molecule has 0 saturated heterocycles. The van der Waals surface area contributed by atoms with Gasteiger partial charge in [-0.05, 0) is 21.0 Å². The Morgan fingerprint density at radius 2 is 2.15 bits per heavy atom. The first-order valence-corrected chi connectivity index (χ1v) is 6.21. The molecule has 0 aliphatic heterocycles. The van der Waals surface area contributed by atoms with Gasteiger partial charge in [-0.3, -0.25) is 0 Å². The molecule has 0 radical (unpaired) electrons. The summed E-state index contributed by atoms with van der Waals surface area (Å²) in [4.78, 5) is 24.1. The number of carbonyl (C=O) groups excluding carboxylic acids is 1. The summed E-state index contributed by atoms with van der Waals surface area (Å²) in [5.41, 5.74) is -0.116. The Kier molecular flexibility index (Phi) is 5.91. The van der Waals surface area contributed by atoms with Crippen LogP contribution in [-0.4, -0.2) is 70.2 Å². The Bertz CT molecular complexity index is 459. The van der Waals surface area contributed by atoms with E-state index in [2.05, 4.69) is 20.9 Å². The molecule has 3 N–H and O–H groups in total. The van der Waals surface area contributed by atoms with Crippen molar-refractivity contribution in [2.45, 2.75) is 19.5 Å². The molecule has 0 aromatic carbocycles. The molecule has 0 fully saturated rings. The number of aromatic nitrogens is 3. The van der Waals surface area contributed by atoms with Crippen molar-refractivity contribution in [3.63, 3.8) is 0 Å². The highest BCUT2D eigenvalue weighted by Crippen LogP contribution is 1.92. The lowest BCUT2D eigenvalue weighted by Crippen LogP contribution is -2.43. The van der Waals surface area contributed by atoms with E-state index in [1.54, 1.807) is 0 Å². The van der Waals surface area contributed by atoms with E-state index in [0.717, 1.165) is 0 Å². The molecule has 2 amide bonds. The van der Waals surface area contributed by atoms with E-state index in [0.29, 0.717) is 19.6 Å². The van der Waals surface area contributed by atoms with Crippen LogP contribution in [0, 0.1) is 0 Å². The maximum absolute atomic E-state index is 11.5. The van der Waals surface area contributed by atoms with Gasteiger partial charge in [0.1, 0.15) is 0 Å². The van der Waals surface area contributed by atoms with Crippen LogP contribution in [0.3, 0.4) is 0 Å². The first-order chi connectivity index (χ1) is 9.40. The number of urea groups is 1. The second-order valence-electron chi connectivity index (χ2n) is 4.62. The maximum atomic E-state index is 11.5. The summed E-state index contributed by atoms with van der Waals surface area (Å²) in [5.74, 6) is -1.13. The van der Waals surface area contributed by atoms with Gasteiger partial charge in [-0.15, -0.1) is 5.10 Å². The molecule has 0 saturated carbocycles. The van der Waals surface area contributed by atoms with E-state index in [1.807, 2.05) is 25.9 Å². The number of nitrogens with one attached hydrogen (secondary N) is 2. The molecule has 1 atom stereocenters. The summed E-state index contributed by atoms with van der Waals surface area (Å²) in [6.45, 7) is 3.25. The van der Waals surface area contributed by atoms with E-state index < -0.39 is 5.97 Å². The lowest BCUT2D eigenvalue weighted by molar-refractivity contribution is 0.0690. The van der Waals surface area contributed by atoms with Gasteiger partial charge in [-0.2, -0.15) is 0 Å². The average Bonchev–Trinajstić information content (AvgIpc) is 2.84. The van der Waals surface area contributed by atoms with Gasteiger partial charge in [-0.1, -0.05) is 5.21 Å². The molecule has 0 bridgehead atoms. The van der Waals surface area contributed by atoms with Crippen LogP contribution >= 0.6 is 0 Å². The molecule has 0 aliphatic carbocycles. The molecule has 0 spiro atoms. The second-order valence-corrected chi connectivity index (χ2v) is 4.62. The van der Waals surface area contributed by atoms with Crippen LogP contribution in [0.2, 0.25) is 0 Å². The third-order valence-electron chi connectivity index (χ3n) is 2.82. The predicted octanol–water partition coefficient (Wildman–Crippen LogP) is -0.774. The number of aromatic carboxylic acids is 1. The molecular formula is C11H20N6O3. The van der Waals surface area contributed by atoms with Crippen molar-refractivity contribution in [1.82, 2.24) is 30.5 Å². The van der Waals surface area contributed by atoms with Crippen LogP contribution in [0.4, 0.5) is 4.79 Å². The molecule has 112 valence electrons. The maximum Gasteiger partial charge on any atom is 0.358 e. The van der Waals surface area contributed by atoms with Crippen molar-refractivity contribution in [2.24, 2.45) is 0 Å². The fraction of sp³-hybridized carbons (Fsp3) is 0.636. The fourth-order valence-electron chi connectivity index (χ4n) is 1.28. The molecule has 0 aliphatic rings. The Morgan fingerprint density at radius 1 is 1.45 bits per heavy atom. The van der Waals surface area contributed by atoms with Crippen molar-refractivity contribution in [3.8, 4) is 0 Å². The topological polar surface area (TPSA) is 112 Å². The number of likely N-dealkylation sites (N-methyl/N-ethyl adjacent to an activating group) is 1. The minimum absolute atomic E-state index is 0.116. The van der Waals surface area contributed by atoms with Gasteiger partial charge in [0, 0.05) is 19.1 Å². The van der Waals surface area contributed by atoms with Gasteiger partial charge >= 0.3 is 12.0 Å². The number of amides is 2. The molecule has 20 heavy (non-hydrogen) atoms. The lowest BCUT2D eigenvalue weighted by Gasteiger charge is -2.20. The van der Waals surface area contributed by atoms with Crippen molar-refractivity contribution < 1.29 is 14.7 Å². The minimum Gasteiger partial charge on any atom is -0.476 e. The second kappa shape index (κ2) is 7.43. The monoisotopic (exact) mass is 284 g/mol. The molecule has 1 rings (SSSR count). The van der Waals surface area contributed by atoms with Gasteiger partial charge in [-0.25, -0.2) is 14.3 Å². The fourth-order valence-corrected chi connectivity index (χ4v) is 1.28. The van der Waals surface area contributed by atoms with Crippen molar-refractivity contribution in [3.05, 3.63) is 11.9 Å². The Morgan fingerprint density at radius 3 is 2.70 bits per heavy atom. The zero-order valence-corrected chi connectivity index (χ0v) is 11.8. The zero-order valence-electron chi connectivity index (χ0n) is 11.8. The SMILES string of the molecule is CC(CNC(=O)NCCn1cc(C(=O)O)nn1)N(C)C. The van der Waals surface area contributed by atoms with Crippen LogP contribution < -0.4 is 10.6 Å². The largest absolute Gasteiger partial charge is 0.476 e. The van der Waals surface area contributed by atoms with Crippen LogP contribution in [0.25, 0.3) is 0 Å². The highest BCUT2D eigenvalue weighted by Gasteiger charge is 2.09. The predicted molar refractivity (Wildman–Crippen MR) is 71.5 cm³/mol. The van der Waals surface area contributed by atoms with E-state index in [1.165, 1.54) is 10.9 Å². The highest BCUT2D eigenvalue weighted by molar-refractivity contribution is 5.84. The smallest absolute Gasteiger partial charge is 0.358 e. The van der Waals surface area contributed by atoms with E-state index in [9.17, 15) is 9.59 Å². The van der Waals surface area contributed by atoms with Crippen LogP contribution in [0.5, 0.6) is 0 Å². The number of hydrogen-bond donors (Lipinski definition) is 3. The van der Waals surface area contributed by atoms with Crippen LogP contribution in [0.15, 0.2) is 6.20 Å². The summed E-state index contributed by atoms with van der Waals surface area (Å²) in [6, 6.07) is -0.0218. The molecule has 1 unspecified atom stereocenters. The number of carbonyl (C=O) groups is 2. The molecular weight excluding hydrogens is 264 g/mol. The van der Waals surface area contributed by atoms with Gasteiger partial charge in [0.15, 0.2) is 5.69 Å². The summed E-state index contributed by atoms with van der Waals surface area (Å²) < 4.78 is 1.37. The third-order valence-corrected chi connectivity index (χ3v) is 2.82. The summed E-state index contributed by atoms with van der Waals surface area (Å²) >= 11 is 0. The lowest BCUT2D eigenvalue weighted by atomic mass is 10.3. The molecule has 1 heterocycles. The number of nitrogens with zero attached hydrogens (tertiary/aromatic N) is 4. The number of carboxylic acid groups (broad SMARTS) is 1. The Labute approximate surface area is 116 Å². The van der Waals surface area contributed by atoms with Crippen LogP contribution in [-0.2, 0) is 6.54 Å². The van der Waals surface area contributed by atoms with E-state index in [4.69, 9.17) is 5.11 Å². The standard InChI is InChI=1S/C11H20N6O3/c1-8(16(2)3)6-13-11(20)12-4-5-17-7-9(10(18)19)14-15-17/h7-8H,4-6H2,1-3H3,(H,18,19)(H2,12,13,20). The number of carboxylic acids is 1. The molecule has 1 aromatic heterocycles.